The molecule has 1 saturated heterocycles. The van der Waals surface area contributed by atoms with Crippen molar-refractivity contribution in [3.8, 4) is 0 Å². The molecular weight excluding hydrogens is 375 g/mol. The summed E-state index contributed by atoms with van der Waals surface area (Å²) in [5, 5.41) is 6.79. The van der Waals surface area contributed by atoms with E-state index in [4.69, 9.17) is 23.2 Å². The quantitative estimate of drug-likeness (QED) is 0.524. The molecule has 1 atom stereocenters. The SMILES string of the molecule is CC(C)NC(=O)C[NH+]1CC[NH+]([C@@H](C)C(=O)Nc2cc(Cl)cc(Cl)c2)CC1. The Bertz CT molecular complexity index is 626. The highest BCUT2D eigenvalue weighted by Crippen LogP contribution is 2.22. The molecule has 1 aliphatic rings. The summed E-state index contributed by atoms with van der Waals surface area (Å²) in [6.07, 6.45) is 0. The van der Waals surface area contributed by atoms with E-state index in [9.17, 15) is 9.59 Å². The van der Waals surface area contributed by atoms with Crippen molar-refractivity contribution >= 4 is 40.7 Å². The molecule has 0 aromatic heterocycles. The molecule has 2 rings (SSSR count). The van der Waals surface area contributed by atoms with Crippen LogP contribution in [-0.2, 0) is 9.59 Å². The Morgan fingerprint density at radius 2 is 1.62 bits per heavy atom. The van der Waals surface area contributed by atoms with Crippen molar-refractivity contribution in [2.24, 2.45) is 0 Å². The van der Waals surface area contributed by atoms with E-state index in [1.165, 1.54) is 9.80 Å². The summed E-state index contributed by atoms with van der Waals surface area (Å²) >= 11 is 11.9. The van der Waals surface area contributed by atoms with Crippen molar-refractivity contribution in [1.82, 2.24) is 5.32 Å². The predicted molar refractivity (Wildman–Crippen MR) is 104 cm³/mol. The molecule has 0 saturated carbocycles. The van der Waals surface area contributed by atoms with Crippen molar-refractivity contribution in [1.29, 1.82) is 0 Å². The number of benzene rings is 1. The minimum absolute atomic E-state index is 0.0562. The Hall–Kier alpha value is -1.34. The third kappa shape index (κ3) is 6.43. The van der Waals surface area contributed by atoms with Gasteiger partial charge in [-0.1, -0.05) is 23.2 Å². The van der Waals surface area contributed by atoms with Gasteiger partial charge < -0.3 is 20.4 Å². The second-order valence-electron chi connectivity index (χ2n) is 7.18. The molecule has 0 unspecified atom stereocenters. The maximum absolute atomic E-state index is 12.5. The minimum atomic E-state index is -0.182. The van der Waals surface area contributed by atoms with Crippen molar-refractivity contribution in [3.63, 3.8) is 0 Å². The number of rotatable bonds is 6. The van der Waals surface area contributed by atoms with E-state index in [1.807, 2.05) is 20.8 Å². The van der Waals surface area contributed by atoms with E-state index < -0.39 is 0 Å². The fraction of sp³-hybridized carbons (Fsp3) is 0.556. The summed E-state index contributed by atoms with van der Waals surface area (Å²) in [5.74, 6) is 0.0291. The van der Waals surface area contributed by atoms with Crippen LogP contribution in [0.4, 0.5) is 5.69 Å². The lowest BCUT2D eigenvalue weighted by molar-refractivity contribution is -1.01. The van der Waals surface area contributed by atoms with Gasteiger partial charge in [0.1, 0.15) is 26.2 Å². The number of carbonyl (C=O) groups is 2. The Balaban J connectivity index is 1.82. The summed E-state index contributed by atoms with van der Waals surface area (Å²) in [6, 6.07) is 4.98. The number of hydrogen-bond acceptors (Lipinski definition) is 2. The zero-order valence-corrected chi connectivity index (χ0v) is 17.0. The molecule has 26 heavy (non-hydrogen) atoms. The number of nitrogens with one attached hydrogen (secondary N) is 4. The van der Waals surface area contributed by atoms with Gasteiger partial charge in [0.25, 0.3) is 11.8 Å². The smallest absolute Gasteiger partial charge is 0.282 e. The largest absolute Gasteiger partial charge is 0.349 e. The molecule has 0 bridgehead atoms. The molecule has 8 heteroatoms. The summed E-state index contributed by atoms with van der Waals surface area (Å²) < 4.78 is 0. The van der Waals surface area contributed by atoms with E-state index in [0.29, 0.717) is 22.3 Å². The fourth-order valence-corrected chi connectivity index (χ4v) is 3.72. The molecular formula is C18H28Cl2N4O2+2. The Labute approximate surface area is 164 Å². The normalized spacial score (nSPS) is 21.3. The second kappa shape index (κ2) is 9.55. The van der Waals surface area contributed by atoms with Gasteiger partial charge in [-0.05, 0) is 39.0 Å². The van der Waals surface area contributed by atoms with Crippen molar-refractivity contribution in [2.45, 2.75) is 32.9 Å². The highest BCUT2D eigenvalue weighted by atomic mass is 35.5. The number of piperazine rings is 1. The number of amides is 2. The lowest BCUT2D eigenvalue weighted by Gasteiger charge is -2.32. The fourth-order valence-electron chi connectivity index (χ4n) is 3.20. The minimum Gasteiger partial charge on any atom is -0.349 e. The zero-order chi connectivity index (χ0) is 19.3. The van der Waals surface area contributed by atoms with Crippen LogP contribution in [0.2, 0.25) is 10.0 Å². The first-order valence-electron chi connectivity index (χ1n) is 8.99. The first kappa shape index (κ1) is 21.0. The van der Waals surface area contributed by atoms with Crippen LogP contribution in [0.3, 0.4) is 0 Å². The summed E-state index contributed by atoms with van der Waals surface area (Å²) in [6.45, 7) is 9.80. The van der Waals surface area contributed by atoms with Crippen LogP contribution in [0, 0.1) is 0 Å². The zero-order valence-electron chi connectivity index (χ0n) is 15.5. The second-order valence-corrected chi connectivity index (χ2v) is 8.05. The average Bonchev–Trinajstić information content (AvgIpc) is 2.53. The van der Waals surface area contributed by atoms with Gasteiger partial charge in [-0.3, -0.25) is 9.59 Å². The van der Waals surface area contributed by atoms with Gasteiger partial charge in [-0.15, -0.1) is 0 Å². The maximum Gasteiger partial charge on any atom is 0.282 e. The molecule has 0 aliphatic carbocycles. The van der Waals surface area contributed by atoms with Gasteiger partial charge in [0.15, 0.2) is 12.6 Å². The van der Waals surface area contributed by atoms with Gasteiger partial charge in [0, 0.05) is 21.8 Å². The van der Waals surface area contributed by atoms with E-state index in [-0.39, 0.29) is 23.9 Å². The van der Waals surface area contributed by atoms with Gasteiger partial charge in [-0.2, -0.15) is 0 Å². The summed E-state index contributed by atoms with van der Waals surface area (Å²) in [4.78, 5) is 26.9. The van der Waals surface area contributed by atoms with Crippen LogP contribution in [-0.4, -0.2) is 56.6 Å². The summed E-state index contributed by atoms with van der Waals surface area (Å²) in [5.41, 5.74) is 0.605. The first-order valence-corrected chi connectivity index (χ1v) is 9.74. The van der Waals surface area contributed by atoms with Gasteiger partial charge in [-0.25, -0.2) is 0 Å². The first-order chi connectivity index (χ1) is 12.2. The molecule has 1 fully saturated rings. The third-order valence-electron chi connectivity index (χ3n) is 4.60. The van der Waals surface area contributed by atoms with Crippen molar-refractivity contribution in [3.05, 3.63) is 28.2 Å². The summed E-state index contributed by atoms with van der Waals surface area (Å²) in [7, 11) is 0. The topological polar surface area (TPSA) is 67.1 Å². The number of quaternary nitrogens is 2. The molecule has 144 valence electrons. The molecule has 0 radical (unpaired) electrons. The van der Waals surface area contributed by atoms with E-state index in [2.05, 4.69) is 10.6 Å². The molecule has 6 nitrogen and oxygen atoms in total. The van der Waals surface area contributed by atoms with Crippen LogP contribution in [0.15, 0.2) is 18.2 Å². The van der Waals surface area contributed by atoms with Crippen LogP contribution in [0.5, 0.6) is 0 Å². The highest BCUT2D eigenvalue weighted by Gasteiger charge is 2.31. The van der Waals surface area contributed by atoms with E-state index >= 15 is 0 Å². The van der Waals surface area contributed by atoms with Gasteiger partial charge in [0.05, 0.1) is 0 Å². The molecule has 1 aromatic rings. The van der Waals surface area contributed by atoms with Crippen LogP contribution in [0.1, 0.15) is 20.8 Å². The van der Waals surface area contributed by atoms with E-state index in [0.717, 1.165) is 26.2 Å². The average molecular weight is 403 g/mol. The monoisotopic (exact) mass is 402 g/mol. The van der Waals surface area contributed by atoms with Crippen LogP contribution < -0.4 is 20.4 Å². The Kier molecular flexibility index (Phi) is 7.70. The van der Waals surface area contributed by atoms with Crippen molar-refractivity contribution in [2.75, 3.05) is 38.0 Å². The molecule has 0 spiro atoms. The van der Waals surface area contributed by atoms with Crippen LogP contribution >= 0.6 is 23.2 Å². The van der Waals surface area contributed by atoms with Gasteiger partial charge in [0.2, 0.25) is 0 Å². The van der Waals surface area contributed by atoms with E-state index in [1.54, 1.807) is 18.2 Å². The third-order valence-corrected chi connectivity index (χ3v) is 5.03. The lowest BCUT2D eigenvalue weighted by Crippen LogP contribution is -3.30. The maximum atomic E-state index is 12.5. The highest BCUT2D eigenvalue weighted by molar-refractivity contribution is 6.35. The van der Waals surface area contributed by atoms with Crippen molar-refractivity contribution < 1.29 is 19.4 Å². The number of carbonyl (C=O) groups excluding carboxylic acids is 2. The molecule has 1 heterocycles. The number of anilines is 1. The predicted octanol–water partition coefficient (Wildman–Crippen LogP) is -0.372. The number of hydrogen-bond donors (Lipinski definition) is 4. The van der Waals surface area contributed by atoms with Crippen LogP contribution in [0.25, 0.3) is 0 Å². The Morgan fingerprint density at radius 1 is 1.04 bits per heavy atom. The standard InChI is InChI=1S/C18H26Cl2N4O2/c1-12(2)21-17(25)11-23-4-6-24(7-5-23)13(3)18(26)22-16-9-14(19)8-15(20)10-16/h8-10,12-13H,4-7,11H2,1-3H3,(H,21,25)(H,22,26)/p+2/t13-/m0/s1. The molecule has 1 aromatic carbocycles. The molecule has 4 N–H and O–H groups in total. The van der Waals surface area contributed by atoms with Gasteiger partial charge >= 0.3 is 0 Å². The molecule has 2 amide bonds. The molecule has 1 aliphatic heterocycles. The Morgan fingerprint density at radius 3 is 2.15 bits per heavy atom. The number of halogens is 2. The lowest BCUT2D eigenvalue weighted by atomic mass is 10.2.